The van der Waals surface area contributed by atoms with Crippen molar-refractivity contribution in [1.29, 1.82) is 0 Å². The third-order valence-electron chi connectivity index (χ3n) is 5.68. The normalized spacial score (nSPS) is 17.1. The van der Waals surface area contributed by atoms with Gasteiger partial charge in [0.25, 0.3) is 0 Å². The van der Waals surface area contributed by atoms with E-state index in [-0.39, 0.29) is 5.92 Å². The van der Waals surface area contributed by atoms with Crippen molar-refractivity contribution in [3.8, 4) is 5.75 Å². The third kappa shape index (κ3) is 3.92. The fraction of sp³-hybridized carbons (Fsp3) is 0.231. The van der Waals surface area contributed by atoms with E-state index in [2.05, 4.69) is 36.4 Å². The molecule has 0 saturated carbocycles. The molecule has 154 valence electrons. The molecule has 0 radical (unpaired) electrons. The SMILES string of the molecule is COc1ccc([C@H]2CCC(c3ccccc3)=C2S(=O)c2ccccc2N(C)C)cc1. The second-order valence-electron chi connectivity index (χ2n) is 7.70. The highest BCUT2D eigenvalue weighted by Gasteiger charge is 2.33. The topological polar surface area (TPSA) is 29.5 Å². The van der Waals surface area contributed by atoms with Crippen molar-refractivity contribution in [3.63, 3.8) is 0 Å². The molecular formula is C26H27NO2S. The van der Waals surface area contributed by atoms with E-state index in [1.54, 1.807) is 7.11 Å². The largest absolute Gasteiger partial charge is 0.497 e. The van der Waals surface area contributed by atoms with Crippen molar-refractivity contribution in [2.45, 2.75) is 23.7 Å². The smallest absolute Gasteiger partial charge is 0.118 e. The maximum Gasteiger partial charge on any atom is 0.118 e. The predicted molar refractivity (Wildman–Crippen MR) is 126 cm³/mol. The van der Waals surface area contributed by atoms with Gasteiger partial charge in [0.05, 0.1) is 28.5 Å². The van der Waals surface area contributed by atoms with E-state index in [9.17, 15) is 4.21 Å². The molecule has 2 atom stereocenters. The van der Waals surface area contributed by atoms with Crippen LogP contribution < -0.4 is 9.64 Å². The summed E-state index contributed by atoms with van der Waals surface area (Å²) in [4.78, 5) is 3.93. The molecule has 4 heteroatoms. The van der Waals surface area contributed by atoms with Gasteiger partial charge in [-0.2, -0.15) is 0 Å². The lowest BCUT2D eigenvalue weighted by molar-refractivity contribution is 0.414. The van der Waals surface area contributed by atoms with Crippen LogP contribution in [0.2, 0.25) is 0 Å². The van der Waals surface area contributed by atoms with Crippen molar-refractivity contribution >= 4 is 22.1 Å². The number of benzene rings is 3. The molecule has 0 saturated heterocycles. The van der Waals surface area contributed by atoms with Gasteiger partial charge in [0.15, 0.2) is 0 Å². The second kappa shape index (κ2) is 8.88. The van der Waals surface area contributed by atoms with Crippen LogP contribution in [0.25, 0.3) is 5.57 Å². The summed E-state index contributed by atoms with van der Waals surface area (Å²) in [6.45, 7) is 0. The lowest BCUT2D eigenvalue weighted by Gasteiger charge is -2.21. The molecule has 0 amide bonds. The second-order valence-corrected chi connectivity index (χ2v) is 9.12. The number of methoxy groups -OCH3 is 1. The Labute approximate surface area is 181 Å². The van der Waals surface area contributed by atoms with Crippen LogP contribution in [-0.2, 0) is 10.8 Å². The number of hydrogen-bond acceptors (Lipinski definition) is 3. The van der Waals surface area contributed by atoms with E-state index in [4.69, 9.17) is 4.74 Å². The Morgan fingerprint density at radius 3 is 2.23 bits per heavy atom. The molecule has 3 aromatic rings. The highest BCUT2D eigenvalue weighted by molar-refractivity contribution is 7.89. The van der Waals surface area contributed by atoms with E-state index in [1.165, 1.54) is 16.7 Å². The molecule has 0 bridgehead atoms. The van der Waals surface area contributed by atoms with Crippen LogP contribution in [0.3, 0.4) is 0 Å². The number of rotatable bonds is 6. The van der Waals surface area contributed by atoms with Crippen LogP contribution in [0.4, 0.5) is 5.69 Å². The number of nitrogens with zero attached hydrogens (tertiary/aromatic N) is 1. The molecule has 0 aliphatic heterocycles. The van der Waals surface area contributed by atoms with Gasteiger partial charge in [0.1, 0.15) is 5.75 Å². The van der Waals surface area contributed by atoms with Crippen LogP contribution in [0, 0.1) is 0 Å². The minimum atomic E-state index is -1.25. The van der Waals surface area contributed by atoms with Crippen LogP contribution in [0.1, 0.15) is 29.9 Å². The average molecular weight is 418 g/mol. The minimum Gasteiger partial charge on any atom is -0.497 e. The predicted octanol–water partition coefficient (Wildman–Crippen LogP) is 5.86. The van der Waals surface area contributed by atoms with Crippen molar-refractivity contribution < 1.29 is 8.95 Å². The van der Waals surface area contributed by atoms with Crippen molar-refractivity contribution in [2.75, 3.05) is 26.1 Å². The molecule has 0 aromatic heterocycles. The zero-order chi connectivity index (χ0) is 21.1. The fourth-order valence-electron chi connectivity index (χ4n) is 4.18. The summed E-state index contributed by atoms with van der Waals surface area (Å²) >= 11 is 0. The minimum absolute atomic E-state index is 0.127. The van der Waals surface area contributed by atoms with Crippen LogP contribution in [-0.4, -0.2) is 25.4 Å². The first-order valence-corrected chi connectivity index (χ1v) is 11.4. The van der Waals surface area contributed by atoms with E-state index in [0.717, 1.165) is 34.1 Å². The Morgan fingerprint density at radius 1 is 0.900 bits per heavy atom. The Morgan fingerprint density at radius 2 is 1.57 bits per heavy atom. The van der Waals surface area contributed by atoms with Crippen molar-refractivity contribution in [2.24, 2.45) is 0 Å². The Bertz CT molecular complexity index is 1070. The van der Waals surface area contributed by atoms with E-state index < -0.39 is 10.8 Å². The van der Waals surface area contributed by atoms with Gasteiger partial charge in [0, 0.05) is 24.9 Å². The summed E-state index contributed by atoms with van der Waals surface area (Å²) in [5.74, 6) is 0.965. The number of allylic oxidation sites excluding steroid dienone is 2. The summed E-state index contributed by atoms with van der Waals surface area (Å²) in [6, 6.07) is 26.6. The van der Waals surface area contributed by atoms with Crippen molar-refractivity contribution in [3.05, 3.63) is 94.9 Å². The van der Waals surface area contributed by atoms with Gasteiger partial charge in [-0.05, 0) is 53.8 Å². The van der Waals surface area contributed by atoms with E-state index in [1.807, 2.05) is 61.5 Å². The molecule has 0 heterocycles. The van der Waals surface area contributed by atoms with Gasteiger partial charge in [0.2, 0.25) is 0 Å². The van der Waals surface area contributed by atoms with Crippen LogP contribution >= 0.6 is 0 Å². The van der Waals surface area contributed by atoms with Crippen LogP contribution in [0.15, 0.2) is 88.7 Å². The van der Waals surface area contributed by atoms with Crippen molar-refractivity contribution in [1.82, 2.24) is 0 Å². The third-order valence-corrected chi connectivity index (χ3v) is 7.36. The number of anilines is 1. The molecule has 0 fully saturated rings. The summed E-state index contributed by atoms with van der Waals surface area (Å²) in [7, 11) is 4.42. The summed E-state index contributed by atoms with van der Waals surface area (Å²) in [5, 5.41) is 0. The molecule has 30 heavy (non-hydrogen) atoms. The van der Waals surface area contributed by atoms with E-state index >= 15 is 0 Å². The van der Waals surface area contributed by atoms with Gasteiger partial charge >= 0.3 is 0 Å². The first-order chi connectivity index (χ1) is 14.6. The Hall–Kier alpha value is -2.85. The first-order valence-electron chi connectivity index (χ1n) is 10.2. The maximum absolute atomic E-state index is 14.1. The Balaban J connectivity index is 1.85. The molecule has 0 N–H and O–H groups in total. The fourth-order valence-corrected chi connectivity index (χ4v) is 6.01. The lowest BCUT2D eigenvalue weighted by Crippen LogP contribution is -2.13. The highest BCUT2D eigenvalue weighted by Crippen LogP contribution is 2.47. The maximum atomic E-state index is 14.1. The zero-order valence-corrected chi connectivity index (χ0v) is 18.5. The molecule has 3 aromatic carbocycles. The van der Waals surface area contributed by atoms with E-state index in [0.29, 0.717) is 0 Å². The summed E-state index contributed by atoms with van der Waals surface area (Å²) in [5.41, 5.74) is 4.56. The van der Waals surface area contributed by atoms with Gasteiger partial charge in [-0.15, -0.1) is 0 Å². The zero-order valence-electron chi connectivity index (χ0n) is 17.7. The molecule has 3 nitrogen and oxygen atoms in total. The molecule has 4 rings (SSSR count). The van der Waals surface area contributed by atoms with Gasteiger partial charge in [-0.25, -0.2) is 4.21 Å². The number of hydrogen-bond donors (Lipinski definition) is 0. The van der Waals surface area contributed by atoms with Crippen LogP contribution in [0.5, 0.6) is 5.75 Å². The molecule has 1 aliphatic rings. The standard InChI is InChI=1S/C26H27NO2S/c1-27(2)24-11-7-8-12-25(24)30(28)26-22(19-9-5-4-6-10-19)17-18-23(26)20-13-15-21(29-3)16-14-20/h4-16,23H,17-18H2,1-3H3/t23-,30?/m1/s1. The summed E-state index contributed by atoms with van der Waals surface area (Å²) < 4.78 is 19.4. The quantitative estimate of drug-likeness (QED) is 0.503. The number of para-hydroxylation sites is 1. The lowest BCUT2D eigenvalue weighted by atomic mass is 9.98. The molecular weight excluding hydrogens is 390 g/mol. The van der Waals surface area contributed by atoms with Gasteiger partial charge in [-0.3, -0.25) is 0 Å². The molecule has 1 unspecified atom stereocenters. The monoisotopic (exact) mass is 417 g/mol. The number of ether oxygens (including phenoxy) is 1. The summed E-state index contributed by atoms with van der Waals surface area (Å²) in [6.07, 6.45) is 1.88. The van der Waals surface area contributed by atoms with Gasteiger partial charge < -0.3 is 9.64 Å². The molecule has 1 aliphatic carbocycles. The first kappa shape index (κ1) is 20.4. The molecule has 0 spiro atoms. The van der Waals surface area contributed by atoms with Gasteiger partial charge in [-0.1, -0.05) is 54.6 Å². The highest BCUT2D eigenvalue weighted by atomic mass is 32.2. The Kier molecular flexibility index (Phi) is 6.05. The average Bonchev–Trinajstić information content (AvgIpc) is 3.24.